The van der Waals surface area contributed by atoms with Gasteiger partial charge in [0.2, 0.25) is 0 Å². The lowest BCUT2D eigenvalue weighted by Gasteiger charge is -2.26. The largest absolute Gasteiger partial charge is 0.506 e. The summed E-state index contributed by atoms with van der Waals surface area (Å²) in [4.78, 5) is 25.7. The Morgan fingerprint density at radius 3 is 1.33 bits per heavy atom. The first-order valence-electron chi connectivity index (χ1n) is 13.4. The molecule has 0 saturated heterocycles. The van der Waals surface area contributed by atoms with Crippen molar-refractivity contribution in [2.24, 2.45) is 0 Å². The van der Waals surface area contributed by atoms with Crippen LogP contribution in [0.3, 0.4) is 0 Å². The molecule has 4 aromatic rings. The van der Waals surface area contributed by atoms with Crippen LogP contribution in [0.2, 0.25) is 0 Å². The maximum atomic E-state index is 12.8. The van der Waals surface area contributed by atoms with Gasteiger partial charge in [-0.2, -0.15) is 0 Å². The molecule has 218 valence electrons. The van der Waals surface area contributed by atoms with Gasteiger partial charge in [-0.15, -0.1) is 0 Å². The molecule has 2 atom stereocenters. The average Bonchev–Trinajstić information content (AvgIpc) is 2.94. The number of carbonyl (C=O) groups excluding carboxylic acids is 2. The van der Waals surface area contributed by atoms with E-state index in [0.29, 0.717) is 57.4 Å². The number of cyclic esters (lactones) is 2. The van der Waals surface area contributed by atoms with E-state index in [2.05, 4.69) is 0 Å². The molecular formula is C32H30O10. The molecule has 6 rings (SSSR count). The Morgan fingerprint density at radius 2 is 1.00 bits per heavy atom. The zero-order chi connectivity index (χ0) is 30.0. The Labute approximate surface area is 241 Å². The zero-order valence-corrected chi connectivity index (χ0v) is 24.0. The van der Waals surface area contributed by atoms with Crippen LogP contribution in [0.1, 0.15) is 45.7 Å². The first-order chi connectivity index (χ1) is 20.1. The molecule has 0 fully saturated rings. The lowest BCUT2D eigenvalue weighted by Crippen LogP contribution is -2.25. The van der Waals surface area contributed by atoms with Gasteiger partial charge in [0.1, 0.15) is 57.8 Å². The van der Waals surface area contributed by atoms with Crippen LogP contribution in [0, 0.1) is 0 Å². The number of benzene rings is 4. The van der Waals surface area contributed by atoms with E-state index in [-0.39, 0.29) is 57.1 Å². The maximum absolute atomic E-state index is 12.8. The Kier molecular flexibility index (Phi) is 6.44. The van der Waals surface area contributed by atoms with E-state index in [4.69, 9.17) is 28.4 Å². The molecule has 42 heavy (non-hydrogen) atoms. The smallest absolute Gasteiger partial charge is 0.342 e. The molecule has 0 radical (unpaired) electrons. The highest BCUT2D eigenvalue weighted by molar-refractivity contribution is 6.13. The van der Waals surface area contributed by atoms with E-state index in [1.807, 2.05) is 12.1 Å². The number of esters is 2. The van der Waals surface area contributed by atoms with Crippen LogP contribution in [-0.4, -0.2) is 62.8 Å². The quantitative estimate of drug-likeness (QED) is 0.303. The van der Waals surface area contributed by atoms with Crippen molar-refractivity contribution >= 4 is 33.5 Å². The van der Waals surface area contributed by atoms with Crippen molar-refractivity contribution in [3.63, 3.8) is 0 Å². The van der Waals surface area contributed by atoms with Gasteiger partial charge in [-0.25, -0.2) is 9.59 Å². The Hall–Kier alpha value is -4.86. The summed E-state index contributed by atoms with van der Waals surface area (Å²) in [5.74, 6) is -0.757. The van der Waals surface area contributed by atoms with Crippen LogP contribution in [-0.2, 0) is 22.3 Å². The van der Waals surface area contributed by atoms with Crippen molar-refractivity contribution < 1.29 is 48.2 Å². The molecule has 10 heteroatoms. The molecule has 0 aliphatic carbocycles. The SMILES string of the molecule is COc1cc2cc3c(c(O)c2c(OC)c1-c1c(OC)cc2cc4c(c(O)c2c1OC)C(=O)O[C@H](C)C4)C(=O)O[C@H](C)C3. The molecule has 0 amide bonds. The number of aromatic hydroxyl groups is 2. The predicted octanol–water partition coefficient (Wildman–Crippen LogP) is 5.31. The van der Waals surface area contributed by atoms with Crippen LogP contribution in [0.25, 0.3) is 32.7 Å². The first kappa shape index (κ1) is 27.3. The number of phenols is 2. The molecule has 2 aliphatic heterocycles. The monoisotopic (exact) mass is 574 g/mol. The van der Waals surface area contributed by atoms with E-state index >= 15 is 0 Å². The predicted molar refractivity (Wildman–Crippen MR) is 154 cm³/mol. The van der Waals surface area contributed by atoms with Crippen molar-refractivity contribution in [1.82, 2.24) is 0 Å². The number of ether oxygens (including phenoxy) is 6. The van der Waals surface area contributed by atoms with Crippen molar-refractivity contribution in [3.8, 4) is 45.6 Å². The van der Waals surface area contributed by atoms with Gasteiger partial charge in [0, 0.05) is 12.8 Å². The summed E-state index contributed by atoms with van der Waals surface area (Å²) in [5.41, 5.74) is 2.12. The highest BCUT2D eigenvalue weighted by Crippen LogP contribution is 2.56. The third-order valence-electron chi connectivity index (χ3n) is 7.94. The summed E-state index contributed by atoms with van der Waals surface area (Å²) in [6.45, 7) is 3.58. The van der Waals surface area contributed by atoms with Gasteiger partial charge >= 0.3 is 11.9 Å². The fourth-order valence-corrected chi connectivity index (χ4v) is 6.26. The van der Waals surface area contributed by atoms with Crippen LogP contribution in [0.15, 0.2) is 24.3 Å². The van der Waals surface area contributed by atoms with Crippen molar-refractivity contribution in [2.75, 3.05) is 28.4 Å². The molecule has 4 aromatic carbocycles. The zero-order valence-electron chi connectivity index (χ0n) is 24.0. The van der Waals surface area contributed by atoms with E-state index in [0.717, 1.165) is 0 Å². The molecule has 0 unspecified atom stereocenters. The maximum Gasteiger partial charge on any atom is 0.342 e. The highest BCUT2D eigenvalue weighted by atomic mass is 16.5. The molecule has 2 N–H and O–H groups in total. The van der Waals surface area contributed by atoms with Crippen LogP contribution < -0.4 is 18.9 Å². The van der Waals surface area contributed by atoms with Gasteiger partial charge in [-0.3, -0.25) is 0 Å². The van der Waals surface area contributed by atoms with Gasteiger partial charge in [-0.1, -0.05) is 0 Å². The third-order valence-corrected chi connectivity index (χ3v) is 7.94. The topological polar surface area (TPSA) is 130 Å². The number of rotatable bonds is 5. The van der Waals surface area contributed by atoms with E-state index < -0.39 is 11.9 Å². The van der Waals surface area contributed by atoms with Gasteiger partial charge in [0.25, 0.3) is 0 Å². The molecule has 2 heterocycles. The summed E-state index contributed by atoms with van der Waals surface area (Å²) in [6.07, 6.45) is 0.201. The minimum Gasteiger partial charge on any atom is -0.506 e. The molecule has 0 spiro atoms. The minimum atomic E-state index is -0.626. The molecule has 10 nitrogen and oxygen atoms in total. The lowest BCUT2D eigenvalue weighted by atomic mass is 9.88. The number of methoxy groups -OCH3 is 4. The van der Waals surface area contributed by atoms with Gasteiger partial charge < -0.3 is 38.6 Å². The molecule has 2 aliphatic rings. The van der Waals surface area contributed by atoms with E-state index in [9.17, 15) is 19.8 Å². The van der Waals surface area contributed by atoms with Crippen LogP contribution in [0.4, 0.5) is 0 Å². The Morgan fingerprint density at radius 1 is 0.619 bits per heavy atom. The van der Waals surface area contributed by atoms with E-state index in [1.54, 1.807) is 26.0 Å². The summed E-state index contributed by atoms with van der Waals surface area (Å²) >= 11 is 0. The molecule has 0 bridgehead atoms. The number of hydrogen-bond acceptors (Lipinski definition) is 10. The third kappa shape index (κ3) is 3.85. The van der Waals surface area contributed by atoms with Crippen molar-refractivity contribution in [2.45, 2.75) is 38.9 Å². The average molecular weight is 575 g/mol. The van der Waals surface area contributed by atoms with Crippen molar-refractivity contribution in [1.29, 1.82) is 0 Å². The van der Waals surface area contributed by atoms with Gasteiger partial charge in [0.15, 0.2) is 0 Å². The van der Waals surface area contributed by atoms with Gasteiger partial charge in [-0.05, 0) is 60.0 Å². The fraction of sp³-hybridized carbons (Fsp3) is 0.312. The summed E-state index contributed by atoms with van der Waals surface area (Å²) in [5, 5.41) is 24.6. The lowest BCUT2D eigenvalue weighted by molar-refractivity contribution is 0.0286. The summed E-state index contributed by atoms with van der Waals surface area (Å²) in [7, 11) is 5.85. The molecule has 0 aromatic heterocycles. The fourth-order valence-electron chi connectivity index (χ4n) is 6.26. The number of fused-ring (bicyclic) bond motifs is 4. The second kappa shape index (κ2) is 9.90. The minimum absolute atomic E-state index is 0.0736. The second-order valence-electron chi connectivity index (χ2n) is 10.5. The Balaban J connectivity index is 1.75. The van der Waals surface area contributed by atoms with Crippen LogP contribution in [0.5, 0.6) is 34.5 Å². The highest BCUT2D eigenvalue weighted by Gasteiger charge is 2.35. The van der Waals surface area contributed by atoms with E-state index in [1.165, 1.54) is 28.4 Å². The second-order valence-corrected chi connectivity index (χ2v) is 10.5. The normalized spacial score (nSPS) is 17.8. The van der Waals surface area contributed by atoms with Crippen LogP contribution >= 0.6 is 0 Å². The Bertz CT molecular complexity index is 1690. The number of phenolic OH excluding ortho intramolecular Hbond substituents is 2. The summed E-state index contributed by atoms with van der Waals surface area (Å²) in [6, 6.07) is 7.09. The molecule has 0 saturated carbocycles. The summed E-state index contributed by atoms with van der Waals surface area (Å²) < 4.78 is 34.3. The standard InChI is InChI=1S/C32H30O10/c1-13-7-15-9-17-11-19(37-3)25(29(39-5)21(17)27(33)23(15)31(35)41-13)26-20(38-4)12-18-10-16-8-14(2)42-32(36)24(16)28(34)22(18)30(26)40-6/h9-14,33-34H,7-8H2,1-6H3/t13-,14-/m1/s1. The van der Waals surface area contributed by atoms with Gasteiger partial charge in [0.05, 0.1) is 50.3 Å². The molecular weight excluding hydrogens is 544 g/mol. The van der Waals surface area contributed by atoms with Crippen molar-refractivity contribution in [3.05, 3.63) is 46.5 Å². The number of hydrogen-bond donors (Lipinski definition) is 2. The first-order valence-corrected chi connectivity index (χ1v) is 13.4. The number of carbonyl (C=O) groups is 2.